The van der Waals surface area contributed by atoms with Crippen LogP contribution in [0.1, 0.15) is 31.2 Å². The monoisotopic (exact) mass is 233 g/mol. The van der Waals surface area contributed by atoms with Crippen LogP contribution in [-0.4, -0.2) is 18.6 Å². The number of ether oxygens (including phenoxy) is 1. The van der Waals surface area contributed by atoms with E-state index in [1.54, 1.807) is 0 Å². The Morgan fingerprint density at radius 2 is 2.18 bits per heavy atom. The van der Waals surface area contributed by atoms with Gasteiger partial charge < -0.3 is 10.1 Å². The fourth-order valence-corrected chi connectivity index (χ4v) is 1.66. The van der Waals surface area contributed by atoms with Gasteiger partial charge in [0.2, 0.25) is 5.91 Å². The first kappa shape index (κ1) is 12.0. The van der Waals surface area contributed by atoms with E-state index in [1.807, 2.05) is 31.2 Å². The van der Waals surface area contributed by atoms with Gasteiger partial charge in [-0.1, -0.05) is 18.2 Å². The van der Waals surface area contributed by atoms with Crippen LogP contribution < -0.4 is 10.1 Å². The minimum atomic E-state index is 0.154. The lowest BCUT2D eigenvalue weighted by molar-refractivity contribution is -0.121. The molecule has 1 saturated carbocycles. The van der Waals surface area contributed by atoms with Crippen molar-refractivity contribution < 1.29 is 9.53 Å². The Morgan fingerprint density at radius 1 is 1.41 bits per heavy atom. The molecule has 0 radical (unpaired) electrons. The number of aryl methyl sites for hydroxylation is 1. The van der Waals surface area contributed by atoms with E-state index in [1.165, 1.54) is 0 Å². The third kappa shape index (κ3) is 4.10. The first-order valence-electron chi connectivity index (χ1n) is 6.23. The number of rotatable bonds is 6. The van der Waals surface area contributed by atoms with E-state index in [9.17, 15) is 4.79 Å². The summed E-state index contributed by atoms with van der Waals surface area (Å²) in [5.74, 6) is 1.07. The van der Waals surface area contributed by atoms with Gasteiger partial charge >= 0.3 is 0 Å². The summed E-state index contributed by atoms with van der Waals surface area (Å²) in [4.78, 5) is 11.4. The van der Waals surface area contributed by atoms with E-state index >= 15 is 0 Å². The molecule has 3 nitrogen and oxygen atoms in total. The van der Waals surface area contributed by atoms with Crippen molar-refractivity contribution >= 4 is 5.91 Å². The van der Waals surface area contributed by atoms with Crippen molar-refractivity contribution in [3.8, 4) is 5.75 Å². The van der Waals surface area contributed by atoms with Crippen LogP contribution >= 0.6 is 0 Å². The predicted molar refractivity (Wildman–Crippen MR) is 67.1 cm³/mol. The molecule has 1 N–H and O–H groups in total. The maximum atomic E-state index is 11.4. The summed E-state index contributed by atoms with van der Waals surface area (Å²) in [7, 11) is 0. The number of nitrogens with one attached hydrogen (secondary N) is 1. The molecule has 1 fully saturated rings. The van der Waals surface area contributed by atoms with Crippen LogP contribution in [0.25, 0.3) is 0 Å². The van der Waals surface area contributed by atoms with E-state index < -0.39 is 0 Å². The summed E-state index contributed by atoms with van der Waals surface area (Å²) in [6.07, 6.45) is 3.62. The molecule has 1 aliphatic rings. The number of para-hydroxylation sites is 1. The highest BCUT2D eigenvalue weighted by atomic mass is 16.5. The molecule has 0 aliphatic heterocycles. The van der Waals surface area contributed by atoms with Gasteiger partial charge in [-0.05, 0) is 37.8 Å². The summed E-state index contributed by atoms with van der Waals surface area (Å²) >= 11 is 0. The van der Waals surface area contributed by atoms with Crippen molar-refractivity contribution in [2.45, 2.75) is 38.6 Å². The predicted octanol–water partition coefficient (Wildman–Crippen LogP) is 2.43. The van der Waals surface area contributed by atoms with E-state index in [0.29, 0.717) is 19.1 Å². The number of amides is 1. The second-order valence-electron chi connectivity index (χ2n) is 4.56. The molecule has 1 amide bonds. The fraction of sp³-hybridized carbons (Fsp3) is 0.500. The molecule has 0 spiro atoms. The standard InChI is InChI=1S/C14H19NO2/c1-11-5-2-3-6-13(11)17-10-4-7-14(16)15-12-8-9-12/h2-3,5-6,12H,4,7-10H2,1H3,(H,15,16). The summed E-state index contributed by atoms with van der Waals surface area (Å²) in [6.45, 7) is 2.62. The molecule has 0 unspecified atom stereocenters. The molecule has 92 valence electrons. The van der Waals surface area contributed by atoms with Crippen LogP contribution in [-0.2, 0) is 4.79 Å². The van der Waals surface area contributed by atoms with Crippen molar-refractivity contribution in [3.05, 3.63) is 29.8 Å². The number of hydrogen-bond acceptors (Lipinski definition) is 2. The zero-order valence-corrected chi connectivity index (χ0v) is 10.2. The van der Waals surface area contributed by atoms with Crippen LogP contribution in [0.3, 0.4) is 0 Å². The van der Waals surface area contributed by atoms with E-state index in [0.717, 1.165) is 30.6 Å². The highest BCUT2D eigenvalue weighted by Crippen LogP contribution is 2.19. The second-order valence-corrected chi connectivity index (χ2v) is 4.56. The van der Waals surface area contributed by atoms with Crippen LogP contribution in [0.5, 0.6) is 5.75 Å². The molecule has 1 aromatic rings. The minimum Gasteiger partial charge on any atom is -0.493 e. The molecule has 0 saturated heterocycles. The Kier molecular flexibility index (Phi) is 4.02. The van der Waals surface area contributed by atoms with Gasteiger partial charge in [-0.15, -0.1) is 0 Å². The van der Waals surface area contributed by atoms with Gasteiger partial charge in [0.1, 0.15) is 5.75 Å². The molecular weight excluding hydrogens is 214 g/mol. The second kappa shape index (κ2) is 5.71. The van der Waals surface area contributed by atoms with Gasteiger partial charge in [0.25, 0.3) is 0 Å². The number of carbonyl (C=O) groups excluding carboxylic acids is 1. The zero-order valence-electron chi connectivity index (χ0n) is 10.2. The Hall–Kier alpha value is -1.51. The maximum absolute atomic E-state index is 11.4. The van der Waals surface area contributed by atoms with Gasteiger partial charge in [-0.2, -0.15) is 0 Å². The molecule has 1 aliphatic carbocycles. The summed E-state index contributed by atoms with van der Waals surface area (Å²) < 4.78 is 5.63. The third-order valence-electron chi connectivity index (χ3n) is 2.84. The van der Waals surface area contributed by atoms with Crippen LogP contribution in [0, 0.1) is 6.92 Å². The molecule has 0 atom stereocenters. The van der Waals surface area contributed by atoms with Gasteiger partial charge in [-0.25, -0.2) is 0 Å². The van der Waals surface area contributed by atoms with Crippen molar-refractivity contribution in [1.82, 2.24) is 5.32 Å². The first-order valence-corrected chi connectivity index (χ1v) is 6.23. The quantitative estimate of drug-likeness (QED) is 0.766. The van der Waals surface area contributed by atoms with E-state index in [4.69, 9.17) is 4.74 Å². The number of hydrogen-bond donors (Lipinski definition) is 1. The van der Waals surface area contributed by atoms with Crippen molar-refractivity contribution in [1.29, 1.82) is 0 Å². The molecule has 1 aromatic carbocycles. The lowest BCUT2D eigenvalue weighted by Gasteiger charge is -2.08. The number of carbonyl (C=O) groups is 1. The minimum absolute atomic E-state index is 0.154. The molecule has 0 aromatic heterocycles. The lowest BCUT2D eigenvalue weighted by Crippen LogP contribution is -2.25. The summed E-state index contributed by atoms with van der Waals surface area (Å²) in [6, 6.07) is 8.39. The molecule has 0 bridgehead atoms. The van der Waals surface area contributed by atoms with Crippen LogP contribution in [0.4, 0.5) is 0 Å². The lowest BCUT2D eigenvalue weighted by atomic mass is 10.2. The average molecular weight is 233 g/mol. The van der Waals surface area contributed by atoms with E-state index in [2.05, 4.69) is 5.32 Å². The van der Waals surface area contributed by atoms with E-state index in [-0.39, 0.29) is 5.91 Å². The highest BCUT2D eigenvalue weighted by Gasteiger charge is 2.22. The third-order valence-corrected chi connectivity index (χ3v) is 2.84. The Bertz CT molecular complexity index is 386. The van der Waals surface area contributed by atoms with Crippen molar-refractivity contribution in [2.24, 2.45) is 0 Å². The first-order chi connectivity index (χ1) is 8.25. The molecule has 17 heavy (non-hydrogen) atoms. The van der Waals surface area contributed by atoms with Gasteiger partial charge in [0.05, 0.1) is 6.61 Å². The average Bonchev–Trinajstić information content (AvgIpc) is 3.10. The summed E-state index contributed by atoms with van der Waals surface area (Å²) in [5, 5.41) is 2.97. The summed E-state index contributed by atoms with van der Waals surface area (Å²) in [5.41, 5.74) is 1.13. The maximum Gasteiger partial charge on any atom is 0.220 e. The van der Waals surface area contributed by atoms with Crippen LogP contribution in [0.2, 0.25) is 0 Å². The van der Waals surface area contributed by atoms with Gasteiger partial charge in [0, 0.05) is 12.5 Å². The topological polar surface area (TPSA) is 38.3 Å². The number of benzene rings is 1. The highest BCUT2D eigenvalue weighted by molar-refractivity contribution is 5.76. The van der Waals surface area contributed by atoms with Crippen molar-refractivity contribution in [2.75, 3.05) is 6.61 Å². The normalized spacial score (nSPS) is 14.4. The molecule has 3 heteroatoms. The molecule has 0 heterocycles. The van der Waals surface area contributed by atoms with Crippen LogP contribution in [0.15, 0.2) is 24.3 Å². The molecular formula is C14H19NO2. The SMILES string of the molecule is Cc1ccccc1OCCCC(=O)NC1CC1. The zero-order chi connectivity index (χ0) is 12.1. The Morgan fingerprint density at radius 3 is 2.88 bits per heavy atom. The fourth-order valence-electron chi connectivity index (χ4n) is 1.66. The van der Waals surface area contributed by atoms with Gasteiger partial charge in [-0.3, -0.25) is 4.79 Å². The Labute approximate surface area is 102 Å². The molecule has 2 rings (SSSR count). The van der Waals surface area contributed by atoms with Crippen molar-refractivity contribution in [3.63, 3.8) is 0 Å². The smallest absolute Gasteiger partial charge is 0.220 e. The largest absolute Gasteiger partial charge is 0.493 e. The Balaban J connectivity index is 1.62. The van der Waals surface area contributed by atoms with Gasteiger partial charge in [0.15, 0.2) is 0 Å².